The van der Waals surface area contributed by atoms with Crippen LogP contribution in [-0.4, -0.2) is 28.9 Å². The molecule has 2 bridgehead atoms. The maximum absolute atomic E-state index is 13.9. The van der Waals surface area contributed by atoms with E-state index in [9.17, 15) is 4.39 Å². The number of halogens is 2. The number of ether oxygens (including phenoxy) is 1. The third-order valence-electron chi connectivity index (χ3n) is 3.65. The summed E-state index contributed by atoms with van der Waals surface area (Å²) in [7, 11) is 3.54. The molecule has 0 aliphatic carbocycles. The minimum Gasteiger partial charge on any atom is -0.372 e. The smallest absolute Gasteiger partial charge is 0.143 e. The van der Waals surface area contributed by atoms with Gasteiger partial charge in [-0.15, -0.1) is 0 Å². The lowest BCUT2D eigenvalue weighted by Gasteiger charge is -2.29. The van der Waals surface area contributed by atoms with Crippen molar-refractivity contribution in [2.45, 2.75) is 25.4 Å². The predicted octanol–water partition coefficient (Wildman–Crippen LogP) is 3.59. The molecule has 2 heterocycles. The van der Waals surface area contributed by atoms with E-state index in [1.807, 2.05) is 37.2 Å². The Morgan fingerprint density at radius 3 is 2.90 bits per heavy atom. The van der Waals surface area contributed by atoms with Crippen molar-refractivity contribution in [1.82, 2.24) is 8.21 Å². The molecule has 1 atom stereocenters. The van der Waals surface area contributed by atoms with Crippen LogP contribution in [0.5, 0.6) is 0 Å². The number of pyridine rings is 1. The summed E-state index contributed by atoms with van der Waals surface area (Å²) in [5.74, 6) is 0.634. The SMILES string of the molecule is COC1(C)CC/C=C(/F)CN(I)N(C)c2cccc1n2. The number of allylic oxidation sites excluding steroid dienone is 1. The monoisotopic (exact) mass is 391 g/mol. The number of hydrazine groups is 1. The molecule has 0 amide bonds. The van der Waals surface area contributed by atoms with E-state index in [4.69, 9.17) is 4.74 Å². The van der Waals surface area contributed by atoms with Crippen molar-refractivity contribution in [3.05, 3.63) is 35.8 Å². The van der Waals surface area contributed by atoms with Gasteiger partial charge in [-0.05, 0) is 31.9 Å². The Balaban J connectivity index is 2.46. The Hall–Kier alpha value is -0.730. The molecule has 1 unspecified atom stereocenters. The second kappa shape index (κ2) is 6.36. The lowest BCUT2D eigenvalue weighted by Crippen LogP contribution is -2.34. The van der Waals surface area contributed by atoms with Crippen molar-refractivity contribution in [2.75, 3.05) is 25.7 Å². The third kappa shape index (κ3) is 3.29. The van der Waals surface area contributed by atoms with Crippen molar-refractivity contribution >= 4 is 28.7 Å². The summed E-state index contributed by atoms with van der Waals surface area (Å²) in [5.41, 5.74) is 0.360. The van der Waals surface area contributed by atoms with E-state index >= 15 is 0 Å². The van der Waals surface area contributed by atoms with E-state index in [0.717, 1.165) is 11.5 Å². The van der Waals surface area contributed by atoms with Crippen LogP contribution in [0.2, 0.25) is 0 Å². The van der Waals surface area contributed by atoms with E-state index in [1.54, 1.807) is 16.4 Å². The number of nitrogens with zero attached hydrogens (tertiary/aromatic N) is 3. The maximum Gasteiger partial charge on any atom is 0.143 e. The topological polar surface area (TPSA) is 28.6 Å². The molecule has 0 saturated carbocycles. The van der Waals surface area contributed by atoms with Crippen molar-refractivity contribution in [3.63, 3.8) is 0 Å². The van der Waals surface area contributed by atoms with E-state index < -0.39 is 5.60 Å². The zero-order chi connectivity index (χ0) is 14.8. The van der Waals surface area contributed by atoms with Gasteiger partial charge in [0.15, 0.2) is 0 Å². The Kier molecular flexibility index (Phi) is 4.98. The van der Waals surface area contributed by atoms with Crippen LogP contribution in [0.3, 0.4) is 0 Å². The highest BCUT2D eigenvalue weighted by Gasteiger charge is 2.28. The first-order valence-corrected chi connectivity index (χ1v) is 7.47. The second-order valence-corrected chi connectivity index (χ2v) is 6.14. The summed E-state index contributed by atoms with van der Waals surface area (Å²) >= 11 is 2.08. The van der Waals surface area contributed by atoms with E-state index in [0.29, 0.717) is 12.8 Å². The standard InChI is InChI=1S/C14H19FIN3O/c1-14(20-3)9-5-6-11(15)10-19(16)18(2)13-8-4-7-12(14)17-13/h4,6-8H,5,9-10H2,1-3H3/b11-6+. The van der Waals surface area contributed by atoms with Gasteiger partial charge in [-0.1, -0.05) is 12.1 Å². The Bertz CT molecular complexity index is 511. The molecule has 1 aliphatic rings. The minimum absolute atomic E-state index is 0.139. The summed E-state index contributed by atoms with van der Waals surface area (Å²) in [5, 5.41) is 1.83. The van der Waals surface area contributed by atoms with Crippen LogP contribution in [0, 0.1) is 0 Å². The highest BCUT2D eigenvalue weighted by molar-refractivity contribution is 14.1. The molecule has 4 nitrogen and oxygen atoms in total. The number of hydrogen-bond donors (Lipinski definition) is 0. The largest absolute Gasteiger partial charge is 0.372 e. The van der Waals surface area contributed by atoms with Crippen LogP contribution >= 0.6 is 22.9 Å². The summed E-state index contributed by atoms with van der Waals surface area (Å²) in [4.78, 5) is 4.66. The third-order valence-corrected chi connectivity index (χ3v) is 4.64. The number of rotatable bonds is 1. The van der Waals surface area contributed by atoms with Gasteiger partial charge in [0.2, 0.25) is 0 Å². The van der Waals surface area contributed by atoms with Gasteiger partial charge in [-0.25, -0.2) is 9.37 Å². The average Bonchev–Trinajstić information content (AvgIpc) is 2.46. The van der Waals surface area contributed by atoms with Crippen molar-refractivity contribution in [3.8, 4) is 0 Å². The maximum atomic E-state index is 13.9. The predicted molar refractivity (Wildman–Crippen MR) is 86.2 cm³/mol. The summed E-state index contributed by atoms with van der Waals surface area (Å²) in [6, 6.07) is 5.82. The average molecular weight is 391 g/mol. The molecule has 0 spiro atoms. The van der Waals surface area contributed by atoms with Gasteiger partial charge in [-0.3, -0.25) is 5.01 Å². The zero-order valence-electron chi connectivity index (χ0n) is 11.9. The van der Waals surface area contributed by atoms with Crippen LogP contribution in [0.4, 0.5) is 10.2 Å². The molecule has 110 valence electrons. The number of methoxy groups -OCH3 is 1. The molecule has 0 N–H and O–H groups in total. The molecule has 2 rings (SSSR count). The normalized spacial score (nSPS) is 27.6. The molecule has 6 heteroatoms. The lowest BCUT2D eigenvalue weighted by atomic mass is 9.95. The number of fused-ring (bicyclic) bond motifs is 2. The highest BCUT2D eigenvalue weighted by atomic mass is 127. The first-order chi connectivity index (χ1) is 9.46. The van der Waals surface area contributed by atoms with Gasteiger partial charge >= 0.3 is 0 Å². The molecule has 0 aromatic carbocycles. The fraction of sp³-hybridized carbons (Fsp3) is 0.500. The molecule has 20 heavy (non-hydrogen) atoms. The highest BCUT2D eigenvalue weighted by Crippen LogP contribution is 2.31. The molecule has 0 saturated heterocycles. The van der Waals surface area contributed by atoms with E-state index in [2.05, 4.69) is 27.8 Å². The van der Waals surface area contributed by atoms with Crippen molar-refractivity contribution in [1.29, 1.82) is 0 Å². The second-order valence-electron chi connectivity index (χ2n) is 5.02. The summed E-state index contributed by atoms with van der Waals surface area (Å²) in [6.07, 6.45) is 2.94. The Morgan fingerprint density at radius 1 is 1.45 bits per heavy atom. The molecule has 1 aromatic heterocycles. The zero-order valence-corrected chi connectivity index (χ0v) is 14.1. The molecular weight excluding hydrogens is 372 g/mol. The van der Waals surface area contributed by atoms with Crippen LogP contribution in [0.15, 0.2) is 30.1 Å². The van der Waals surface area contributed by atoms with E-state index in [-0.39, 0.29) is 12.4 Å². The first-order valence-electron chi connectivity index (χ1n) is 6.50. The van der Waals surface area contributed by atoms with Crippen LogP contribution in [0.1, 0.15) is 25.5 Å². The van der Waals surface area contributed by atoms with E-state index in [1.165, 1.54) is 0 Å². The fourth-order valence-electron chi connectivity index (χ4n) is 2.14. The van der Waals surface area contributed by atoms with Gasteiger partial charge in [-0.2, -0.15) is 3.22 Å². The molecule has 0 fully saturated rings. The molecule has 1 aromatic rings. The van der Waals surface area contributed by atoms with Crippen molar-refractivity contribution < 1.29 is 9.13 Å². The summed E-state index contributed by atoms with van der Waals surface area (Å²) in [6.45, 7) is 2.22. The fourth-order valence-corrected chi connectivity index (χ4v) is 2.69. The number of aromatic nitrogens is 1. The Labute approximate surface area is 133 Å². The van der Waals surface area contributed by atoms with Gasteiger partial charge < -0.3 is 4.74 Å². The lowest BCUT2D eigenvalue weighted by molar-refractivity contribution is -0.00832. The summed E-state index contributed by atoms with van der Waals surface area (Å²) < 4.78 is 21.3. The number of hydrogen-bond acceptors (Lipinski definition) is 4. The Morgan fingerprint density at radius 2 is 2.20 bits per heavy atom. The van der Waals surface area contributed by atoms with Crippen LogP contribution < -0.4 is 5.01 Å². The van der Waals surface area contributed by atoms with Gasteiger partial charge in [0.1, 0.15) is 17.2 Å². The van der Waals surface area contributed by atoms with Crippen LogP contribution in [-0.2, 0) is 10.3 Å². The molecular formula is C14H19FIN3O. The quantitative estimate of drug-likeness (QED) is 0.541. The van der Waals surface area contributed by atoms with Crippen molar-refractivity contribution in [2.24, 2.45) is 0 Å². The van der Waals surface area contributed by atoms with Gasteiger partial charge in [0.05, 0.1) is 12.2 Å². The van der Waals surface area contributed by atoms with Gasteiger partial charge in [0, 0.05) is 37.0 Å². The van der Waals surface area contributed by atoms with Crippen LogP contribution in [0.25, 0.3) is 0 Å². The molecule has 0 radical (unpaired) electrons. The van der Waals surface area contributed by atoms with Gasteiger partial charge in [0.25, 0.3) is 0 Å². The number of anilines is 1. The first kappa shape index (κ1) is 15.7. The minimum atomic E-state index is -0.506. The molecule has 1 aliphatic heterocycles.